The van der Waals surface area contributed by atoms with Gasteiger partial charge < -0.3 is 5.32 Å². The third-order valence-electron chi connectivity index (χ3n) is 3.50. The van der Waals surface area contributed by atoms with Crippen molar-refractivity contribution >= 4 is 22.5 Å². The maximum Gasteiger partial charge on any atom is 0.0883 e. The predicted molar refractivity (Wildman–Crippen MR) is 88.1 cm³/mol. The van der Waals surface area contributed by atoms with Crippen LogP contribution in [0.1, 0.15) is 18.9 Å². The summed E-state index contributed by atoms with van der Waals surface area (Å²) in [6.07, 6.45) is 2.99. The van der Waals surface area contributed by atoms with Crippen molar-refractivity contribution in [2.45, 2.75) is 19.9 Å². The normalized spacial score (nSPS) is 11.1. The number of para-hydroxylation sites is 2. The van der Waals surface area contributed by atoms with Gasteiger partial charge in [-0.05, 0) is 30.7 Å². The van der Waals surface area contributed by atoms with E-state index in [-0.39, 0.29) is 0 Å². The first-order valence-electron chi connectivity index (χ1n) is 7.22. The van der Waals surface area contributed by atoms with E-state index in [2.05, 4.69) is 35.5 Å². The molecule has 1 N–H and O–H groups in total. The fourth-order valence-corrected chi connectivity index (χ4v) is 2.76. The molecule has 0 spiro atoms. The zero-order chi connectivity index (χ0) is 14.7. The van der Waals surface area contributed by atoms with Gasteiger partial charge in [-0.3, -0.25) is 0 Å². The minimum Gasteiger partial charge on any atom is -0.313 e. The van der Waals surface area contributed by atoms with Crippen molar-refractivity contribution in [2.75, 3.05) is 6.54 Å². The number of benzene rings is 2. The molecular weight excluding hydrogens is 282 g/mol. The molecule has 21 heavy (non-hydrogen) atoms. The second-order valence-electron chi connectivity index (χ2n) is 5.04. The van der Waals surface area contributed by atoms with Gasteiger partial charge in [-0.2, -0.15) is 5.10 Å². The van der Waals surface area contributed by atoms with Crippen molar-refractivity contribution in [1.82, 2.24) is 15.1 Å². The third-order valence-corrected chi connectivity index (χ3v) is 3.81. The first-order valence-corrected chi connectivity index (χ1v) is 7.60. The molecule has 3 rings (SSSR count). The molecule has 0 aliphatic heterocycles. The van der Waals surface area contributed by atoms with Crippen LogP contribution in [0, 0.1) is 0 Å². The smallest absolute Gasteiger partial charge is 0.0883 e. The average molecular weight is 300 g/mol. The lowest BCUT2D eigenvalue weighted by atomic mass is 10.1. The standard InChI is InChI=1S/C17H18ClN3/c1-2-10-19-11-14-7-5-8-15(18)17(14)21-16-9-4-3-6-13(16)12-20-21/h3-9,12,19H,2,10-11H2,1H3. The predicted octanol–water partition coefficient (Wildman–Crippen LogP) is 4.18. The summed E-state index contributed by atoms with van der Waals surface area (Å²) in [4.78, 5) is 0. The summed E-state index contributed by atoms with van der Waals surface area (Å²) in [5.41, 5.74) is 3.19. The van der Waals surface area contributed by atoms with Gasteiger partial charge >= 0.3 is 0 Å². The molecule has 4 heteroatoms. The van der Waals surface area contributed by atoms with E-state index in [1.54, 1.807) is 0 Å². The van der Waals surface area contributed by atoms with Crippen LogP contribution in [0.25, 0.3) is 16.6 Å². The number of hydrogen-bond donors (Lipinski definition) is 1. The van der Waals surface area contributed by atoms with E-state index in [1.165, 1.54) is 0 Å². The number of aromatic nitrogens is 2. The molecule has 0 fully saturated rings. The minimum absolute atomic E-state index is 0.722. The summed E-state index contributed by atoms with van der Waals surface area (Å²) in [6.45, 7) is 3.94. The molecule has 0 atom stereocenters. The highest BCUT2D eigenvalue weighted by Crippen LogP contribution is 2.27. The van der Waals surface area contributed by atoms with Crippen LogP contribution in [0.4, 0.5) is 0 Å². The average Bonchev–Trinajstić information content (AvgIpc) is 2.92. The van der Waals surface area contributed by atoms with Gasteiger partial charge in [0.1, 0.15) is 0 Å². The minimum atomic E-state index is 0.722. The SMILES string of the molecule is CCCNCc1cccc(Cl)c1-n1ncc2ccccc21. The Kier molecular flexibility index (Phi) is 4.23. The third kappa shape index (κ3) is 2.80. The number of halogens is 1. The van der Waals surface area contributed by atoms with Crippen molar-refractivity contribution in [3.8, 4) is 5.69 Å². The number of nitrogens with one attached hydrogen (secondary N) is 1. The molecule has 0 unspecified atom stereocenters. The van der Waals surface area contributed by atoms with Crippen LogP contribution in [0.3, 0.4) is 0 Å². The van der Waals surface area contributed by atoms with Crippen LogP contribution in [0.2, 0.25) is 5.02 Å². The molecule has 2 aromatic carbocycles. The Morgan fingerprint density at radius 2 is 2.00 bits per heavy atom. The lowest BCUT2D eigenvalue weighted by molar-refractivity contribution is 0.671. The first kappa shape index (κ1) is 14.1. The molecule has 1 aromatic heterocycles. The maximum absolute atomic E-state index is 6.45. The van der Waals surface area contributed by atoms with Crippen LogP contribution in [0.15, 0.2) is 48.7 Å². The highest BCUT2D eigenvalue weighted by atomic mass is 35.5. The summed E-state index contributed by atoms with van der Waals surface area (Å²) < 4.78 is 1.93. The van der Waals surface area contributed by atoms with Crippen LogP contribution in [-0.4, -0.2) is 16.3 Å². The highest BCUT2D eigenvalue weighted by Gasteiger charge is 2.12. The van der Waals surface area contributed by atoms with Crippen molar-refractivity contribution in [3.63, 3.8) is 0 Å². The molecule has 0 aliphatic carbocycles. The number of nitrogens with zero attached hydrogens (tertiary/aromatic N) is 2. The Balaban J connectivity index is 2.08. The molecule has 0 aliphatic rings. The molecule has 0 bridgehead atoms. The summed E-state index contributed by atoms with van der Waals surface area (Å²) in [7, 11) is 0. The lowest BCUT2D eigenvalue weighted by Crippen LogP contribution is -2.16. The zero-order valence-corrected chi connectivity index (χ0v) is 12.8. The summed E-state index contributed by atoms with van der Waals surface area (Å²) >= 11 is 6.45. The maximum atomic E-state index is 6.45. The van der Waals surface area contributed by atoms with E-state index in [4.69, 9.17) is 11.6 Å². The fraction of sp³-hybridized carbons (Fsp3) is 0.235. The van der Waals surface area contributed by atoms with Crippen LogP contribution < -0.4 is 5.32 Å². The number of fused-ring (bicyclic) bond motifs is 1. The summed E-state index contributed by atoms with van der Waals surface area (Å²) in [5, 5.41) is 9.79. The van der Waals surface area contributed by atoms with E-state index in [0.717, 1.165) is 46.7 Å². The zero-order valence-electron chi connectivity index (χ0n) is 12.0. The Labute approximate surface area is 129 Å². The fourth-order valence-electron chi connectivity index (χ4n) is 2.49. The van der Waals surface area contributed by atoms with Crippen molar-refractivity contribution in [3.05, 3.63) is 59.2 Å². The molecule has 1 heterocycles. The van der Waals surface area contributed by atoms with Gasteiger partial charge in [0.2, 0.25) is 0 Å². The second-order valence-corrected chi connectivity index (χ2v) is 5.45. The van der Waals surface area contributed by atoms with E-state index >= 15 is 0 Å². The van der Waals surface area contributed by atoms with Gasteiger partial charge in [0.25, 0.3) is 0 Å². The van der Waals surface area contributed by atoms with Gasteiger partial charge in [0, 0.05) is 11.9 Å². The highest BCUT2D eigenvalue weighted by molar-refractivity contribution is 6.32. The van der Waals surface area contributed by atoms with Gasteiger partial charge in [-0.1, -0.05) is 48.9 Å². The Bertz CT molecular complexity index is 749. The molecule has 3 aromatic rings. The lowest BCUT2D eigenvalue weighted by Gasteiger charge is -2.13. The largest absolute Gasteiger partial charge is 0.313 e. The monoisotopic (exact) mass is 299 g/mol. The van der Waals surface area contributed by atoms with Crippen molar-refractivity contribution < 1.29 is 0 Å². The van der Waals surface area contributed by atoms with Gasteiger partial charge in [-0.25, -0.2) is 4.68 Å². The van der Waals surface area contributed by atoms with Gasteiger partial charge in [0.05, 0.1) is 22.4 Å². The molecule has 0 amide bonds. The summed E-state index contributed by atoms with van der Waals surface area (Å²) in [5.74, 6) is 0. The topological polar surface area (TPSA) is 29.9 Å². The molecule has 0 saturated heterocycles. The quantitative estimate of drug-likeness (QED) is 0.716. The molecule has 108 valence electrons. The number of hydrogen-bond acceptors (Lipinski definition) is 2. The van der Waals surface area contributed by atoms with Crippen LogP contribution in [-0.2, 0) is 6.54 Å². The van der Waals surface area contributed by atoms with Crippen molar-refractivity contribution in [2.24, 2.45) is 0 Å². The Morgan fingerprint density at radius 3 is 2.86 bits per heavy atom. The van der Waals surface area contributed by atoms with E-state index < -0.39 is 0 Å². The van der Waals surface area contributed by atoms with E-state index in [0.29, 0.717) is 0 Å². The van der Waals surface area contributed by atoms with Crippen LogP contribution in [0.5, 0.6) is 0 Å². The van der Waals surface area contributed by atoms with Crippen molar-refractivity contribution in [1.29, 1.82) is 0 Å². The first-order chi connectivity index (χ1) is 10.3. The second kappa shape index (κ2) is 6.29. The molecule has 0 radical (unpaired) electrons. The summed E-state index contributed by atoms with van der Waals surface area (Å²) in [6, 6.07) is 14.2. The van der Waals surface area contributed by atoms with Crippen LogP contribution >= 0.6 is 11.6 Å². The molecule has 0 saturated carbocycles. The Morgan fingerprint density at radius 1 is 1.14 bits per heavy atom. The Hall–Kier alpha value is -1.84. The number of rotatable bonds is 5. The van der Waals surface area contributed by atoms with Gasteiger partial charge in [0.15, 0.2) is 0 Å². The van der Waals surface area contributed by atoms with Gasteiger partial charge in [-0.15, -0.1) is 0 Å². The molecule has 3 nitrogen and oxygen atoms in total. The van der Waals surface area contributed by atoms with E-state index in [9.17, 15) is 0 Å². The van der Waals surface area contributed by atoms with E-state index in [1.807, 2.05) is 35.1 Å². The molecular formula is C17H18ClN3.